The average Bonchev–Trinajstić information content (AvgIpc) is 3.77. The summed E-state index contributed by atoms with van der Waals surface area (Å²) in [6.07, 6.45) is 1.22. The monoisotopic (exact) mass is 608 g/mol. The van der Waals surface area contributed by atoms with Crippen LogP contribution in [0.2, 0.25) is 10.0 Å². The van der Waals surface area contributed by atoms with E-state index in [2.05, 4.69) is 0 Å². The number of hydrogen-bond donors (Lipinski definition) is 1. The number of likely N-dealkylation sites (tertiary alicyclic amines) is 1. The standard InChI is InChI=1S/C34H38Cl2N2O4/c1-33(2,3)42-32(40)37-20-27(31(39)38(26-16-17-26)19-25-14-9-15-28(35)30(25)36)29(34(4,41)21-37)24-13-8-12-23(18-24)22-10-6-5-7-11-22/h5-15,18,26-27,29,41H,16-17,19-21H2,1-4H3/t27-,29+,34+/m0/s1. The fraction of sp³-hybridized carbons (Fsp3) is 0.412. The molecule has 3 atom stereocenters. The van der Waals surface area contributed by atoms with Gasteiger partial charge in [-0.05, 0) is 68.9 Å². The first-order valence-corrected chi connectivity index (χ1v) is 15.2. The molecule has 0 bridgehead atoms. The molecule has 8 heteroatoms. The highest BCUT2D eigenvalue weighted by Gasteiger charge is 2.51. The van der Waals surface area contributed by atoms with Crippen LogP contribution in [-0.4, -0.2) is 57.2 Å². The van der Waals surface area contributed by atoms with Gasteiger partial charge in [-0.2, -0.15) is 0 Å². The summed E-state index contributed by atoms with van der Waals surface area (Å²) in [4.78, 5) is 31.2. The fourth-order valence-corrected chi connectivity index (χ4v) is 6.37. The lowest BCUT2D eigenvalue weighted by atomic mass is 9.70. The van der Waals surface area contributed by atoms with Crippen LogP contribution in [0.25, 0.3) is 11.1 Å². The highest BCUT2D eigenvalue weighted by Crippen LogP contribution is 2.44. The van der Waals surface area contributed by atoms with Crippen molar-refractivity contribution >= 4 is 35.2 Å². The van der Waals surface area contributed by atoms with Crippen LogP contribution in [0.4, 0.5) is 4.79 Å². The molecule has 2 aliphatic rings. The van der Waals surface area contributed by atoms with Crippen LogP contribution in [0.15, 0.2) is 72.8 Å². The van der Waals surface area contributed by atoms with Crippen LogP contribution in [-0.2, 0) is 16.1 Å². The van der Waals surface area contributed by atoms with Gasteiger partial charge in [0.05, 0.1) is 28.1 Å². The number of aliphatic hydroxyl groups is 1. The Morgan fingerprint density at radius 3 is 2.33 bits per heavy atom. The minimum Gasteiger partial charge on any atom is -0.444 e. The first kappa shape index (κ1) is 30.4. The summed E-state index contributed by atoms with van der Waals surface area (Å²) in [5.41, 5.74) is 1.52. The SMILES string of the molecule is CC(C)(C)OC(=O)N1C[C@H](C(=O)N(Cc2cccc(Cl)c2Cl)C2CC2)[C@@H](c2cccc(-c3ccccc3)c2)[C@](C)(O)C1. The van der Waals surface area contributed by atoms with Crippen molar-refractivity contribution in [3.05, 3.63) is 94.0 Å². The van der Waals surface area contributed by atoms with Crippen LogP contribution in [0, 0.1) is 5.92 Å². The van der Waals surface area contributed by atoms with Gasteiger partial charge in [-0.1, -0.05) is 89.9 Å². The van der Waals surface area contributed by atoms with Gasteiger partial charge in [0.2, 0.25) is 5.91 Å². The van der Waals surface area contributed by atoms with Crippen LogP contribution in [0.5, 0.6) is 0 Å². The van der Waals surface area contributed by atoms with Gasteiger partial charge >= 0.3 is 6.09 Å². The molecule has 1 N–H and O–H groups in total. The molecule has 1 saturated heterocycles. The number of piperidine rings is 1. The first-order valence-electron chi connectivity index (χ1n) is 14.4. The topological polar surface area (TPSA) is 70.1 Å². The molecule has 1 aliphatic heterocycles. The summed E-state index contributed by atoms with van der Waals surface area (Å²) in [6.45, 7) is 7.57. The van der Waals surface area contributed by atoms with Crippen molar-refractivity contribution < 1.29 is 19.4 Å². The number of amides is 2. The minimum atomic E-state index is -1.41. The van der Waals surface area contributed by atoms with Gasteiger partial charge in [0.1, 0.15) is 5.60 Å². The van der Waals surface area contributed by atoms with Gasteiger partial charge in [0.25, 0.3) is 0 Å². The van der Waals surface area contributed by atoms with E-state index in [0.29, 0.717) is 16.6 Å². The van der Waals surface area contributed by atoms with Gasteiger partial charge in [-0.15, -0.1) is 0 Å². The highest BCUT2D eigenvalue weighted by molar-refractivity contribution is 6.42. The van der Waals surface area contributed by atoms with Crippen LogP contribution in [0.3, 0.4) is 0 Å². The quantitative estimate of drug-likeness (QED) is 0.313. The van der Waals surface area contributed by atoms with E-state index in [4.69, 9.17) is 27.9 Å². The Labute approximate surface area is 258 Å². The van der Waals surface area contributed by atoms with E-state index in [9.17, 15) is 14.7 Å². The van der Waals surface area contributed by atoms with Gasteiger partial charge in [0, 0.05) is 25.0 Å². The molecule has 0 aromatic heterocycles. The summed E-state index contributed by atoms with van der Waals surface area (Å²) in [7, 11) is 0. The Balaban J connectivity index is 1.55. The lowest BCUT2D eigenvalue weighted by Crippen LogP contribution is -2.60. The largest absolute Gasteiger partial charge is 0.444 e. The Kier molecular flexibility index (Phi) is 8.62. The average molecular weight is 610 g/mol. The number of β-amino-alcohol motifs (C(OH)–C–C–N with tert-alkyl or cyclic N) is 1. The number of halogens is 2. The second-order valence-electron chi connectivity index (χ2n) is 12.7. The van der Waals surface area contributed by atoms with E-state index < -0.39 is 29.1 Å². The predicted octanol–water partition coefficient (Wildman–Crippen LogP) is 7.55. The maximum atomic E-state index is 14.6. The smallest absolute Gasteiger partial charge is 0.410 e. The fourth-order valence-electron chi connectivity index (χ4n) is 5.99. The number of ether oxygens (including phenoxy) is 1. The lowest BCUT2D eigenvalue weighted by Gasteiger charge is -2.48. The van der Waals surface area contributed by atoms with Crippen molar-refractivity contribution in [1.29, 1.82) is 0 Å². The second kappa shape index (κ2) is 11.9. The van der Waals surface area contributed by atoms with Crippen LogP contribution >= 0.6 is 23.2 Å². The summed E-state index contributed by atoms with van der Waals surface area (Å²) in [6, 6.07) is 23.5. The third kappa shape index (κ3) is 6.77. The second-order valence-corrected chi connectivity index (χ2v) is 13.5. The molecule has 1 saturated carbocycles. The number of nitrogens with zero attached hydrogens (tertiary/aromatic N) is 2. The van der Waals surface area contributed by atoms with Gasteiger partial charge in [-0.3, -0.25) is 4.79 Å². The molecule has 0 spiro atoms. The molecular formula is C34H38Cl2N2O4. The van der Waals surface area contributed by atoms with E-state index in [1.165, 1.54) is 4.90 Å². The van der Waals surface area contributed by atoms with Crippen molar-refractivity contribution in [1.82, 2.24) is 9.80 Å². The summed E-state index contributed by atoms with van der Waals surface area (Å²) >= 11 is 12.9. The van der Waals surface area contributed by atoms with Crippen molar-refractivity contribution in [3.63, 3.8) is 0 Å². The number of hydrogen-bond acceptors (Lipinski definition) is 4. The normalized spacial score (nSPS) is 22.5. The Bertz CT molecular complexity index is 1450. The van der Waals surface area contributed by atoms with Crippen molar-refractivity contribution in [2.45, 2.75) is 70.2 Å². The first-order chi connectivity index (χ1) is 19.8. The molecule has 42 heavy (non-hydrogen) atoms. The van der Waals surface area contributed by atoms with E-state index in [1.54, 1.807) is 33.8 Å². The Morgan fingerprint density at radius 1 is 1.00 bits per heavy atom. The number of benzene rings is 3. The van der Waals surface area contributed by atoms with Gasteiger partial charge < -0.3 is 19.6 Å². The minimum absolute atomic E-state index is 0.0372. The van der Waals surface area contributed by atoms with Crippen LogP contribution in [0.1, 0.15) is 57.6 Å². The lowest BCUT2D eigenvalue weighted by molar-refractivity contribution is -0.146. The molecule has 222 valence electrons. The predicted molar refractivity (Wildman–Crippen MR) is 167 cm³/mol. The summed E-state index contributed by atoms with van der Waals surface area (Å²) in [5, 5.41) is 12.9. The van der Waals surface area contributed by atoms with E-state index in [1.807, 2.05) is 71.6 Å². The maximum Gasteiger partial charge on any atom is 0.410 e. The molecule has 1 heterocycles. The highest BCUT2D eigenvalue weighted by atomic mass is 35.5. The molecular weight excluding hydrogens is 571 g/mol. The number of rotatable bonds is 6. The van der Waals surface area contributed by atoms with E-state index in [0.717, 1.165) is 35.1 Å². The molecule has 0 radical (unpaired) electrons. The van der Waals surface area contributed by atoms with Crippen molar-refractivity contribution in [3.8, 4) is 11.1 Å². The zero-order valence-electron chi connectivity index (χ0n) is 24.5. The summed E-state index contributed by atoms with van der Waals surface area (Å²) in [5.74, 6) is -1.41. The van der Waals surface area contributed by atoms with Crippen LogP contribution < -0.4 is 0 Å². The molecule has 0 unspecified atom stereocenters. The molecule has 6 nitrogen and oxygen atoms in total. The van der Waals surface area contributed by atoms with Gasteiger partial charge in [0.15, 0.2) is 0 Å². The zero-order chi connectivity index (χ0) is 30.2. The molecule has 1 aliphatic carbocycles. The van der Waals surface area contributed by atoms with E-state index in [-0.39, 0.29) is 25.0 Å². The summed E-state index contributed by atoms with van der Waals surface area (Å²) < 4.78 is 5.68. The number of carbonyl (C=O) groups is 2. The van der Waals surface area contributed by atoms with Gasteiger partial charge in [-0.25, -0.2) is 4.79 Å². The third-order valence-electron chi connectivity index (χ3n) is 7.97. The third-order valence-corrected chi connectivity index (χ3v) is 8.82. The molecule has 3 aromatic rings. The molecule has 2 amide bonds. The molecule has 2 fully saturated rings. The van der Waals surface area contributed by atoms with Crippen molar-refractivity contribution in [2.24, 2.45) is 5.92 Å². The Morgan fingerprint density at radius 2 is 1.67 bits per heavy atom. The van der Waals surface area contributed by atoms with E-state index >= 15 is 0 Å². The number of carbonyl (C=O) groups excluding carboxylic acids is 2. The molecule has 3 aromatic carbocycles. The van der Waals surface area contributed by atoms with Crippen molar-refractivity contribution in [2.75, 3.05) is 13.1 Å². The maximum absolute atomic E-state index is 14.6. The molecule has 5 rings (SSSR count). The Hall–Kier alpha value is -3.06. The zero-order valence-corrected chi connectivity index (χ0v) is 26.0.